The summed E-state index contributed by atoms with van der Waals surface area (Å²) in [5, 5.41) is 0. The summed E-state index contributed by atoms with van der Waals surface area (Å²) in [5.74, 6) is 0. The van der Waals surface area contributed by atoms with Crippen molar-refractivity contribution in [3.63, 3.8) is 0 Å². The molecule has 0 atom stereocenters. The van der Waals surface area contributed by atoms with Crippen LogP contribution in [0, 0.1) is 6.92 Å². The van der Waals surface area contributed by atoms with E-state index >= 15 is 0 Å². The summed E-state index contributed by atoms with van der Waals surface area (Å²) in [4.78, 5) is 0. The molecule has 0 amide bonds. The highest BCUT2D eigenvalue weighted by Gasteiger charge is 2.01. The van der Waals surface area contributed by atoms with Gasteiger partial charge in [0.1, 0.15) is 0 Å². The number of hydrogen-bond acceptors (Lipinski definition) is 0. The Labute approximate surface area is 82.0 Å². The van der Waals surface area contributed by atoms with Crippen LogP contribution in [0.3, 0.4) is 0 Å². The van der Waals surface area contributed by atoms with Gasteiger partial charge in [-0.05, 0) is 42.9 Å². The predicted molar refractivity (Wildman–Crippen MR) is 59.2 cm³/mol. The lowest BCUT2D eigenvalue weighted by Gasteiger charge is -2.09. The molecule has 0 radical (unpaired) electrons. The largest absolute Gasteiger partial charge is 0.0654 e. The summed E-state index contributed by atoms with van der Waals surface area (Å²) in [7, 11) is 0. The van der Waals surface area contributed by atoms with Crippen LogP contribution in [0.1, 0.15) is 43.4 Å². The first-order chi connectivity index (χ1) is 6.29. The molecule has 0 aromatic heterocycles. The SMILES string of the molecule is CCCCc1cccc(C)c1CC. The van der Waals surface area contributed by atoms with E-state index in [4.69, 9.17) is 0 Å². The molecule has 0 fully saturated rings. The van der Waals surface area contributed by atoms with Gasteiger partial charge in [0.15, 0.2) is 0 Å². The highest BCUT2D eigenvalue weighted by atomic mass is 14.1. The summed E-state index contributed by atoms with van der Waals surface area (Å²) in [5.41, 5.74) is 4.58. The Morgan fingerprint density at radius 3 is 2.54 bits per heavy atom. The minimum absolute atomic E-state index is 1.17. The molecule has 0 saturated carbocycles. The van der Waals surface area contributed by atoms with Crippen LogP contribution in [0.4, 0.5) is 0 Å². The fourth-order valence-electron chi connectivity index (χ4n) is 1.87. The van der Waals surface area contributed by atoms with E-state index in [0.717, 1.165) is 0 Å². The maximum Gasteiger partial charge on any atom is -0.0276 e. The summed E-state index contributed by atoms with van der Waals surface area (Å²) in [6.45, 7) is 6.72. The molecule has 1 rings (SSSR count). The molecule has 0 aliphatic heterocycles. The van der Waals surface area contributed by atoms with Crippen molar-refractivity contribution in [2.45, 2.75) is 46.5 Å². The van der Waals surface area contributed by atoms with Crippen molar-refractivity contribution in [2.24, 2.45) is 0 Å². The van der Waals surface area contributed by atoms with Gasteiger partial charge in [-0.25, -0.2) is 0 Å². The van der Waals surface area contributed by atoms with Gasteiger partial charge in [-0.3, -0.25) is 0 Å². The monoisotopic (exact) mass is 176 g/mol. The maximum absolute atomic E-state index is 2.28. The first-order valence-electron chi connectivity index (χ1n) is 5.37. The topological polar surface area (TPSA) is 0 Å². The van der Waals surface area contributed by atoms with E-state index in [-0.39, 0.29) is 0 Å². The summed E-state index contributed by atoms with van der Waals surface area (Å²) >= 11 is 0. The van der Waals surface area contributed by atoms with Crippen LogP contribution in [0.5, 0.6) is 0 Å². The zero-order valence-corrected chi connectivity index (χ0v) is 9.06. The van der Waals surface area contributed by atoms with Crippen LogP contribution >= 0.6 is 0 Å². The number of hydrogen-bond donors (Lipinski definition) is 0. The maximum atomic E-state index is 2.28. The van der Waals surface area contributed by atoms with Crippen LogP contribution in [0.2, 0.25) is 0 Å². The van der Waals surface area contributed by atoms with Crippen molar-refractivity contribution >= 4 is 0 Å². The van der Waals surface area contributed by atoms with E-state index in [1.54, 1.807) is 11.1 Å². The normalized spacial score (nSPS) is 10.4. The summed E-state index contributed by atoms with van der Waals surface area (Å²) in [6, 6.07) is 6.68. The quantitative estimate of drug-likeness (QED) is 0.652. The van der Waals surface area contributed by atoms with Crippen LogP contribution in [-0.4, -0.2) is 0 Å². The van der Waals surface area contributed by atoms with E-state index in [1.165, 1.54) is 31.2 Å². The Bertz CT molecular complexity index is 261. The molecule has 0 nitrogen and oxygen atoms in total. The van der Waals surface area contributed by atoms with Gasteiger partial charge in [0.25, 0.3) is 0 Å². The van der Waals surface area contributed by atoms with Crippen molar-refractivity contribution in [1.82, 2.24) is 0 Å². The Morgan fingerprint density at radius 1 is 1.15 bits per heavy atom. The van der Waals surface area contributed by atoms with Gasteiger partial charge in [-0.1, -0.05) is 38.5 Å². The summed E-state index contributed by atoms with van der Waals surface area (Å²) < 4.78 is 0. The van der Waals surface area contributed by atoms with Crippen LogP contribution < -0.4 is 0 Å². The number of unbranched alkanes of at least 4 members (excludes halogenated alkanes) is 1. The van der Waals surface area contributed by atoms with Crippen molar-refractivity contribution in [1.29, 1.82) is 0 Å². The molecular weight excluding hydrogens is 156 g/mol. The molecule has 0 saturated heterocycles. The molecule has 0 unspecified atom stereocenters. The lowest BCUT2D eigenvalue weighted by Crippen LogP contribution is -1.95. The fourth-order valence-corrected chi connectivity index (χ4v) is 1.87. The number of benzene rings is 1. The van der Waals surface area contributed by atoms with Gasteiger partial charge in [-0.15, -0.1) is 0 Å². The van der Waals surface area contributed by atoms with Gasteiger partial charge < -0.3 is 0 Å². The zero-order valence-electron chi connectivity index (χ0n) is 9.06. The van der Waals surface area contributed by atoms with Gasteiger partial charge >= 0.3 is 0 Å². The molecule has 0 bridgehead atoms. The smallest absolute Gasteiger partial charge is 0.0276 e. The molecule has 0 aliphatic carbocycles. The standard InChI is InChI=1S/C13H20/c1-4-6-9-12-10-7-8-11(3)13(12)5-2/h7-8,10H,4-6,9H2,1-3H3. The van der Waals surface area contributed by atoms with E-state index < -0.39 is 0 Å². The average Bonchev–Trinajstić information content (AvgIpc) is 2.15. The molecule has 1 aromatic carbocycles. The Kier molecular flexibility index (Phi) is 4.01. The molecule has 0 N–H and O–H groups in total. The van der Waals surface area contributed by atoms with Gasteiger partial charge in [-0.2, -0.15) is 0 Å². The first-order valence-corrected chi connectivity index (χ1v) is 5.37. The number of aryl methyl sites for hydroxylation is 2. The molecule has 1 aromatic rings. The van der Waals surface area contributed by atoms with Crippen LogP contribution in [-0.2, 0) is 12.8 Å². The first kappa shape index (κ1) is 10.3. The molecule has 0 spiro atoms. The predicted octanol–water partition coefficient (Wildman–Crippen LogP) is 3.90. The summed E-state index contributed by atoms with van der Waals surface area (Å²) in [6.07, 6.45) is 5.03. The van der Waals surface area contributed by atoms with Crippen molar-refractivity contribution < 1.29 is 0 Å². The van der Waals surface area contributed by atoms with E-state index in [9.17, 15) is 0 Å². The third-order valence-electron chi connectivity index (χ3n) is 2.66. The lowest BCUT2D eigenvalue weighted by atomic mass is 9.96. The molecule has 0 heterocycles. The van der Waals surface area contributed by atoms with Crippen LogP contribution in [0.25, 0.3) is 0 Å². The van der Waals surface area contributed by atoms with Crippen LogP contribution in [0.15, 0.2) is 18.2 Å². The van der Waals surface area contributed by atoms with Gasteiger partial charge in [0, 0.05) is 0 Å². The highest BCUT2D eigenvalue weighted by molar-refractivity contribution is 5.34. The molecule has 72 valence electrons. The molecule has 13 heavy (non-hydrogen) atoms. The minimum Gasteiger partial charge on any atom is -0.0654 e. The number of rotatable bonds is 4. The van der Waals surface area contributed by atoms with Gasteiger partial charge in [0.2, 0.25) is 0 Å². The highest BCUT2D eigenvalue weighted by Crippen LogP contribution is 2.16. The Balaban J connectivity index is 2.85. The molecule has 0 aliphatic rings. The fraction of sp³-hybridized carbons (Fsp3) is 0.538. The van der Waals surface area contributed by atoms with Crippen molar-refractivity contribution in [2.75, 3.05) is 0 Å². The molecule has 0 heteroatoms. The second kappa shape index (κ2) is 5.06. The Hall–Kier alpha value is -0.780. The van der Waals surface area contributed by atoms with Crippen molar-refractivity contribution in [3.8, 4) is 0 Å². The lowest BCUT2D eigenvalue weighted by molar-refractivity contribution is 0.786. The minimum atomic E-state index is 1.17. The molecular formula is C13H20. The van der Waals surface area contributed by atoms with E-state index in [1.807, 2.05) is 0 Å². The second-order valence-electron chi connectivity index (χ2n) is 3.67. The zero-order chi connectivity index (χ0) is 9.68. The third kappa shape index (κ3) is 2.58. The average molecular weight is 176 g/mol. The van der Waals surface area contributed by atoms with Gasteiger partial charge in [0.05, 0.1) is 0 Å². The van der Waals surface area contributed by atoms with E-state index in [2.05, 4.69) is 39.0 Å². The second-order valence-corrected chi connectivity index (χ2v) is 3.67. The third-order valence-corrected chi connectivity index (χ3v) is 2.66. The van der Waals surface area contributed by atoms with E-state index in [0.29, 0.717) is 0 Å². The van der Waals surface area contributed by atoms with Crippen molar-refractivity contribution in [3.05, 3.63) is 34.9 Å². The Morgan fingerprint density at radius 2 is 1.92 bits per heavy atom.